The van der Waals surface area contributed by atoms with Gasteiger partial charge in [-0.3, -0.25) is 4.79 Å². The van der Waals surface area contributed by atoms with Crippen molar-refractivity contribution in [3.05, 3.63) is 100 Å². The van der Waals surface area contributed by atoms with Gasteiger partial charge in [0.15, 0.2) is 18.1 Å². The SMILES string of the molecule is CCOc1cc(/C=N/NC(=O)COc2cccc3ccccc23)ccc1OC(=O)c1ccc(Cl)cc1Cl. The first-order valence-corrected chi connectivity index (χ1v) is 12.1. The summed E-state index contributed by atoms with van der Waals surface area (Å²) < 4.78 is 16.8. The van der Waals surface area contributed by atoms with Gasteiger partial charge in [-0.2, -0.15) is 5.10 Å². The topological polar surface area (TPSA) is 86.2 Å². The van der Waals surface area contributed by atoms with E-state index in [0.29, 0.717) is 28.7 Å². The summed E-state index contributed by atoms with van der Waals surface area (Å²) in [4.78, 5) is 24.8. The lowest BCUT2D eigenvalue weighted by Crippen LogP contribution is -2.24. The molecule has 0 radical (unpaired) electrons. The van der Waals surface area contributed by atoms with Gasteiger partial charge < -0.3 is 14.2 Å². The molecule has 0 aliphatic heterocycles. The minimum atomic E-state index is -0.650. The first-order valence-electron chi connectivity index (χ1n) is 11.3. The molecule has 9 heteroatoms. The van der Waals surface area contributed by atoms with Crippen LogP contribution < -0.4 is 19.6 Å². The predicted molar refractivity (Wildman–Crippen MR) is 144 cm³/mol. The summed E-state index contributed by atoms with van der Waals surface area (Å²) in [5.74, 6) is 0.0868. The monoisotopic (exact) mass is 536 g/mol. The number of carbonyl (C=O) groups is 2. The lowest BCUT2D eigenvalue weighted by molar-refractivity contribution is -0.123. The van der Waals surface area contributed by atoms with Gasteiger partial charge in [-0.25, -0.2) is 10.2 Å². The Morgan fingerprint density at radius 2 is 1.70 bits per heavy atom. The summed E-state index contributed by atoms with van der Waals surface area (Å²) in [5, 5.41) is 6.51. The maximum Gasteiger partial charge on any atom is 0.345 e. The number of esters is 1. The van der Waals surface area contributed by atoms with Crippen molar-refractivity contribution in [3.63, 3.8) is 0 Å². The van der Waals surface area contributed by atoms with Crippen molar-refractivity contribution in [2.75, 3.05) is 13.2 Å². The van der Waals surface area contributed by atoms with Crippen LogP contribution in [-0.4, -0.2) is 31.3 Å². The van der Waals surface area contributed by atoms with Crippen LogP contribution in [0.2, 0.25) is 10.0 Å². The zero-order valence-corrected chi connectivity index (χ0v) is 21.3. The number of hydrogen-bond donors (Lipinski definition) is 1. The number of fused-ring (bicyclic) bond motifs is 1. The second kappa shape index (κ2) is 12.3. The molecule has 1 N–H and O–H groups in total. The van der Waals surface area contributed by atoms with Crippen molar-refractivity contribution in [1.29, 1.82) is 0 Å². The standard InChI is InChI=1S/C28H22Cl2N2O5/c1-2-35-26-14-18(10-13-25(26)37-28(34)22-12-11-20(29)15-23(22)30)16-31-32-27(33)17-36-24-9-5-7-19-6-3-4-8-21(19)24/h3-16H,2,17H2,1H3,(H,32,33)/b31-16+. The van der Waals surface area contributed by atoms with E-state index in [2.05, 4.69) is 10.5 Å². The lowest BCUT2D eigenvalue weighted by Gasteiger charge is -2.12. The molecule has 4 rings (SSSR count). The normalized spacial score (nSPS) is 10.9. The van der Waals surface area contributed by atoms with E-state index in [-0.39, 0.29) is 22.9 Å². The first kappa shape index (κ1) is 26.0. The third-order valence-corrected chi connectivity index (χ3v) is 5.68. The van der Waals surface area contributed by atoms with Crippen molar-refractivity contribution in [2.45, 2.75) is 6.92 Å². The van der Waals surface area contributed by atoms with Crippen LogP contribution in [0.25, 0.3) is 10.8 Å². The summed E-state index contributed by atoms with van der Waals surface area (Å²) in [5.41, 5.74) is 3.22. The van der Waals surface area contributed by atoms with E-state index in [9.17, 15) is 9.59 Å². The highest BCUT2D eigenvalue weighted by molar-refractivity contribution is 6.36. The van der Waals surface area contributed by atoms with Crippen LogP contribution in [-0.2, 0) is 4.79 Å². The molecule has 4 aromatic carbocycles. The van der Waals surface area contributed by atoms with E-state index in [1.54, 1.807) is 31.2 Å². The number of nitrogens with one attached hydrogen (secondary N) is 1. The van der Waals surface area contributed by atoms with Gasteiger partial charge in [0.2, 0.25) is 0 Å². The number of ether oxygens (including phenoxy) is 3. The number of hydrazone groups is 1. The van der Waals surface area contributed by atoms with Gasteiger partial charge in [0.1, 0.15) is 5.75 Å². The third kappa shape index (κ3) is 6.78. The molecule has 1 amide bonds. The van der Waals surface area contributed by atoms with Crippen molar-refractivity contribution < 1.29 is 23.8 Å². The van der Waals surface area contributed by atoms with Crippen LogP contribution in [0.15, 0.2) is 84.0 Å². The molecule has 0 saturated heterocycles. The Morgan fingerprint density at radius 1 is 0.892 bits per heavy atom. The average Bonchev–Trinajstić information content (AvgIpc) is 2.89. The van der Waals surface area contributed by atoms with Crippen molar-refractivity contribution in [1.82, 2.24) is 5.43 Å². The fourth-order valence-corrected chi connectivity index (χ4v) is 3.93. The Labute approximate surface area is 223 Å². The molecule has 0 saturated carbocycles. The van der Waals surface area contributed by atoms with Gasteiger partial charge in [0, 0.05) is 10.4 Å². The maximum absolute atomic E-state index is 12.6. The number of carbonyl (C=O) groups excluding carboxylic acids is 2. The molecule has 0 atom stereocenters. The highest BCUT2D eigenvalue weighted by atomic mass is 35.5. The molecule has 0 heterocycles. The van der Waals surface area contributed by atoms with E-state index in [0.717, 1.165) is 10.8 Å². The smallest absolute Gasteiger partial charge is 0.345 e. The van der Waals surface area contributed by atoms with E-state index >= 15 is 0 Å². The minimum absolute atomic E-state index is 0.174. The van der Waals surface area contributed by atoms with E-state index in [1.165, 1.54) is 18.3 Å². The van der Waals surface area contributed by atoms with Crippen LogP contribution in [0, 0.1) is 0 Å². The first-order chi connectivity index (χ1) is 17.9. The highest BCUT2D eigenvalue weighted by Crippen LogP contribution is 2.30. The molecular formula is C28H22Cl2N2O5. The number of nitrogens with zero attached hydrogens (tertiary/aromatic N) is 1. The fourth-order valence-electron chi connectivity index (χ4n) is 3.44. The number of hydrogen-bond acceptors (Lipinski definition) is 6. The third-order valence-electron chi connectivity index (χ3n) is 5.13. The summed E-state index contributed by atoms with van der Waals surface area (Å²) in [7, 11) is 0. The zero-order chi connectivity index (χ0) is 26.2. The van der Waals surface area contributed by atoms with E-state index < -0.39 is 11.9 Å². The molecule has 0 spiro atoms. The highest BCUT2D eigenvalue weighted by Gasteiger charge is 2.16. The molecule has 4 aromatic rings. The van der Waals surface area contributed by atoms with Crippen LogP contribution in [0.5, 0.6) is 17.2 Å². The quantitative estimate of drug-likeness (QED) is 0.117. The molecule has 188 valence electrons. The van der Waals surface area contributed by atoms with Crippen LogP contribution in [0.1, 0.15) is 22.8 Å². The Hall–Kier alpha value is -4.07. The van der Waals surface area contributed by atoms with E-state index in [1.807, 2.05) is 42.5 Å². The Bertz CT molecular complexity index is 1470. The van der Waals surface area contributed by atoms with Gasteiger partial charge in [-0.1, -0.05) is 59.6 Å². The molecule has 7 nitrogen and oxygen atoms in total. The summed E-state index contributed by atoms with van der Waals surface area (Å²) >= 11 is 12.0. The second-order valence-corrected chi connectivity index (χ2v) is 8.56. The van der Waals surface area contributed by atoms with Crippen LogP contribution >= 0.6 is 23.2 Å². The predicted octanol–water partition coefficient (Wildman–Crippen LogP) is 6.29. The molecule has 0 unspecified atom stereocenters. The largest absolute Gasteiger partial charge is 0.490 e. The molecule has 0 aromatic heterocycles. The number of halogens is 2. The molecule has 0 fully saturated rings. The van der Waals surface area contributed by atoms with Gasteiger partial charge in [-0.15, -0.1) is 0 Å². The van der Waals surface area contributed by atoms with Gasteiger partial charge in [0.25, 0.3) is 5.91 Å². The Kier molecular flexibility index (Phi) is 8.61. The van der Waals surface area contributed by atoms with Crippen molar-refractivity contribution in [3.8, 4) is 17.2 Å². The number of amides is 1. The van der Waals surface area contributed by atoms with E-state index in [4.69, 9.17) is 37.4 Å². The zero-order valence-electron chi connectivity index (χ0n) is 19.7. The minimum Gasteiger partial charge on any atom is -0.490 e. The van der Waals surface area contributed by atoms with Crippen LogP contribution in [0.3, 0.4) is 0 Å². The Balaban J connectivity index is 1.37. The molecule has 0 aliphatic carbocycles. The number of benzene rings is 4. The van der Waals surface area contributed by atoms with Gasteiger partial charge in [-0.05, 0) is 60.3 Å². The van der Waals surface area contributed by atoms with Crippen LogP contribution in [0.4, 0.5) is 0 Å². The van der Waals surface area contributed by atoms with Crippen molar-refractivity contribution in [2.24, 2.45) is 5.10 Å². The summed E-state index contributed by atoms with van der Waals surface area (Å²) in [6.45, 7) is 1.95. The molecular weight excluding hydrogens is 515 g/mol. The molecule has 0 aliphatic rings. The number of rotatable bonds is 9. The summed E-state index contributed by atoms with van der Waals surface area (Å²) in [6.07, 6.45) is 1.44. The average molecular weight is 537 g/mol. The van der Waals surface area contributed by atoms with Crippen molar-refractivity contribution >= 4 is 52.1 Å². The lowest BCUT2D eigenvalue weighted by atomic mass is 10.1. The summed E-state index contributed by atoms with van der Waals surface area (Å²) in [6, 6.07) is 22.8. The second-order valence-electron chi connectivity index (χ2n) is 7.71. The van der Waals surface area contributed by atoms with Gasteiger partial charge >= 0.3 is 5.97 Å². The molecule has 37 heavy (non-hydrogen) atoms. The maximum atomic E-state index is 12.6. The fraction of sp³-hybridized carbons (Fsp3) is 0.107. The van der Waals surface area contributed by atoms with Gasteiger partial charge in [0.05, 0.1) is 23.4 Å². The molecule has 0 bridgehead atoms. The Morgan fingerprint density at radius 3 is 2.51 bits per heavy atom.